The predicted molar refractivity (Wildman–Crippen MR) is 69.4 cm³/mol. The number of nitrogens with one attached hydrogen (secondary N) is 1. The Labute approximate surface area is 111 Å². The Hall–Kier alpha value is -2.04. The molecule has 0 saturated heterocycles. The Kier molecular flexibility index (Phi) is 4.04. The second-order valence-electron chi connectivity index (χ2n) is 4.87. The van der Waals surface area contributed by atoms with Crippen LogP contribution in [0.5, 0.6) is 11.5 Å². The lowest BCUT2D eigenvalue weighted by Crippen LogP contribution is -2.30. The van der Waals surface area contributed by atoms with Gasteiger partial charge < -0.3 is 14.8 Å². The standard InChI is InChI=1S/C14H17NO4/c1-9(2)5-14(17)15-7-11(16)10-3-4-12-13(6-10)19-8-18-12/h3-4,6,9H,5,7-8H2,1-2H3,(H,15,17). The maximum Gasteiger partial charge on any atom is 0.231 e. The molecule has 0 atom stereocenters. The molecule has 1 amide bonds. The lowest BCUT2D eigenvalue weighted by atomic mass is 10.1. The highest BCUT2D eigenvalue weighted by Crippen LogP contribution is 2.32. The highest BCUT2D eigenvalue weighted by atomic mass is 16.7. The van der Waals surface area contributed by atoms with Crippen molar-refractivity contribution in [3.05, 3.63) is 23.8 Å². The van der Waals surface area contributed by atoms with E-state index in [1.165, 1.54) is 0 Å². The molecule has 1 N–H and O–H groups in total. The zero-order valence-electron chi connectivity index (χ0n) is 11.1. The van der Waals surface area contributed by atoms with E-state index in [9.17, 15) is 9.59 Å². The fourth-order valence-corrected chi connectivity index (χ4v) is 1.79. The van der Waals surface area contributed by atoms with E-state index in [-0.39, 0.29) is 30.9 Å². The van der Waals surface area contributed by atoms with Crippen molar-refractivity contribution in [2.75, 3.05) is 13.3 Å². The third kappa shape index (κ3) is 3.47. The van der Waals surface area contributed by atoms with E-state index in [2.05, 4.69) is 5.32 Å². The first-order valence-corrected chi connectivity index (χ1v) is 6.26. The molecule has 1 aromatic carbocycles. The quantitative estimate of drug-likeness (QED) is 0.822. The highest BCUT2D eigenvalue weighted by Gasteiger charge is 2.16. The number of Topliss-reactive ketones (excluding diaryl/α,β-unsaturated/α-hetero) is 1. The summed E-state index contributed by atoms with van der Waals surface area (Å²) in [6.45, 7) is 4.10. The number of rotatable bonds is 5. The van der Waals surface area contributed by atoms with Gasteiger partial charge in [-0.3, -0.25) is 9.59 Å². The average Bonchev–Trinajstić information content (AvgIpc) is 2.82. The highest BCUT2D eigenvalue weighted by molar-refractivity contribution is 5.99. The van der Waals surface area contributed by atoms with Crippen LogP contribution in [0.3, 0.4) is 0 Å². The Balaban J connectivity index is 1.91. The van der Waals surface area contributed by atoms with Crippen molar-refractivity contribution in [2.45, 2.75) is 20.3 Å². The molecule has 19 heavy (non-hydrogen) atoms. The molecule has 1 aliphatic rings. The minimum absolute atomic E-state index is 0.00516. The maximum absolute atomic E-state index is 11.9. The van der Waals surface area contributed by atoms with Gasteiger partial charge in [-0.15, -0.1) is 0 Å². The number of benzene rings is 1. The summed E-state index contributed by atoms with van der Waals surface area (Å²) in [5, 5.41) is 2.62. The van der Waals surface area contributed by atoms with Gasteiger partial charge in [0.15, 0.2) is 17.3 Å². The van der Waals surface area contributed by atoms with Gasteiger partial charge in [0, 0.05) is 12.0 Å². The number of carbonyl (C=O) groups is 2. The van der Waals surface area contributed by atoms with Crippen LogP contribution in [0.25, 0.3) is 0 Å². The number of carbonyl (C=O) groups excluding carboxylic acids is 2. The van der Waals surface area contributed by atoms with Crippen molar-refractivity contribution in [2.24, 2.45) is 5.92 Å². The Morgan fingerprint density at radius 2 is 2.00 bits per heavy atom. The number of ether oxygens (including phenoxy) is 2. The van der Waals surface area contributed by atoms with Gasteiger partial charge in [-0.05, 0) is 24.1 Å². The summed E-state index contributed by atoms with van der Waals surface area (Å²) in [5.74, 6) is 1.24. The largest absolute Gasteiger partial charge is 0.454 e. The van der Waals surface area contributed by atoms with Crippen molar-refractivity contribution in [1.29, 1.82) is 0 Å². The van der Waals surface area contributed by atoms with E-state index < -0.39 is 0 Å². The summed E-state index contributed by atoms with van der Waals surface area (Å²) in [5.41, 5.74) is 0.508. The van der Waals surface area contributed by atoms with Crippen LogP contribution < -0.4 is 14.8 Å². The Bertz CT molecular complexity index is 496. The minimum Gasteiger partial charge on any atom is -0.454 e. The molecule has 0 fully saturated rings. The van der Waals surface area contributed by atoms with Crippen LogP contribution in [0.1, 0.15) is 30.6 Å². The van der Waals surface area contributed by atoms with Crippen LogP contribution in [0, 0.1) is 5.92 Å². The molecule has 0 bridgehead atoms. The number of fused-ring (bicyclic) bond motifs is 1. The SMILES string of the molecule is CC(C)CC(=O)NCC(=O)c1ccc2c(c1)OCO2. The van der Waals surface area contributed by atoms with E-state index >= 15 is 0 Å². The summed E-state index contributed by atoms with van der Waals surface area (Å²) in [7, 11) is 0. The van der Waals surface area contributed by atoms with Crippen LogP contribution in [0.4, 0.5) is 0 Å². The van der Waals surface area contributed by atoms with Gasteiger partial charge in [0.2, 0.25) is 12.7 Å². The molecule has 0 unspecified atom stereocenters. The van der Waals surface area contributed by atoms with E-state index in [0.717, 1.165) is 0 Å². The second kappa shape index (κ2) is 5.73. The average molecular weight is 263 g/mol. The first-order valence-electron chi connectivity index (χ1n) is 6.26. The summed E-state index contributed by atoms with van der Waals surface area (Å²) >= 11 is 0. The van der Waals surface area contributed by atoms with Gasteiger partial charge in [-0.25, -0.2) is 0 Å². The molecular formula is C14H17NO4. The second-order valence-corrected chi connectivity index (χ2v) is 4.87. The van der Waals surface area contributed by atoms with E-state index in [4.69, 9.17) is 9.47 Å². The first kappa shape index (κ1) is 13.4. The van der Waals surface area contributed by atoms with Crippen molar-refractivity contribution in [3.8, 4) is 11.5 Å². The lowest BCUT2D eigenvalue weighted by Gasteiger charge is -2.07. The third-order valence-corrected chi connectivity index (χ3v) is 2.73. The van der Waals surface area contributed by atoms with Crippen LogP contribution in [0.2, 0.25) is 0 Å². The molecule has 0 spiro atoms. The zero-order valence-corrected chi connectivity index (χ0v) is 11.1. The van der Waals surface area contributed by atoms with Crippen LogP contribution >= 0.6 is 0 Å². The molecule has 102 valence electrons. The van der Waals surface area contributed by atoms with E-state index in [0.29, 0.717) is 23.5 Å². The molecule has 0 aliphatic carbocycles. The van der Waals surface area contributed by atoms with E-state index in [1.807, 2.05) is 13.8 Å². The summed E-state index contributed by atoms with van der Waals surface area (Å²) in [6.07, 6.45) is 0.425. The van der Waals surface area contributed by atoms with Crippen LogP contribution in [-0.4, -0.2) is 25.0 Å². The third-order valence-electron chi connectivity index (χ3n) is 2.73. The molecule has 0 radical (unpaired) electrons. The number of amides is 1. The molecule has 1 aliphatic heterocycles. The van der Waals surface area contributed by atoms with Gasteiger partial charge in [0.05, 0.1) is 6.54 Å². The molecular weight excluding hydrogens is 246 g/mol. The normalized spacial score (nSPS) is 12.6. The zero-order chi connectivity index (χ0) is 13.8. The Morgan fingerprint density at radius 3 is 2.74 bits per heavy atom. The van der Waals surface area contributed by atoms with Gasteiger partial charge in [-0.2, -0.15) is 0 Å². The van der Waals surface area contributed by atoms with Gasteiger partial charge in [0.25, 0.3) is 0 Å². The minimum atomic E-state index is -0.143. The van der Waals surface area contributed by atoms with Crippen LogP contribution in [-0.2, 0) is 4.79 Å². The molecule has 0 saturated carbocycles. The summed E-state index contributed by atoms with van der Waals surface area (Å²) in [4.78, 5) is 23.4. The lowest BCUT2D eigenvalue weighted by molar-refractivity contribution is -0.121. The molecule has 1 heterocycles. The molecule has 5 nitrogen and oxygen atoms in total. The fraction of sp³-hybridized carbons (Fsp3) is 0.429. The van der Waals surface area contributed by atoms with Crippen molar-refractivity contribution >= 4 is 11.7 Å². The monoisotopic (exact) mass is 263 g/mol. The predicted octanol–water partition coefficient (Wildman–Crippen LogP) is 1.76. The topological polar surface area (TPSA) is 64.6 Å². The van der Waals surface area contributed by atoms with Gasteiger partial charge in [-0.1, -0.05) is 13.8 Å². The fourth-order valence-electron chi connectivity index (χ4n) is 1.79. The van der Waals surface area contributed by atoms with Gasteiger partial charge >= 0.3 is 0 Å². The van der Waals surface area contributed by atoms with Crippen molar-refractivity contribution in [1.82, 2.24) is 5.32 Å². The maximum atomic E-state index is 11.9. The molecule has 1 aromatic rings. The number of hydrogen-bond acceptors (Lipinski definition) is 4. The smallest absolute Gasteiger partial charge is 0.231 e. The first-order chi connectivity index (χ1) is 9.06. The van der Waals surface area contributed by atoms with E-state index in [1.54, 1.807) is 18.2 Å². The number of hydrogen-bond donors (Lipinski definition) is 1. The van der Waals surface area contributed by atoms with Crippen molar-refractivity contribution in [3.63, 3.8) is 0 Å². The molecule has 2 rings (SSSR count). The summed E-state index contributed by atoms with van der Waals surface area (Å²) < 4.78 is 10.4. The molecule has 5 heteroatoms. The molecule has 0 aromatic heterocycles. The van der Waals surface area contributed by atoms with Crippen LogP contribution in [0.15, 0.2) is 18.2 Å². The Morgan fingerprint density at radius 1 is 1.26 bits per heavy atom. The van der Waals surface area contributed by atoms with Crippen molar-refractivity contribution < 1.29 is 19.1 Å². The summed E-state index contributed by atoms with van der Waals surface area (Å²) in [6, 6.07) is 5.01. The van der Waals surface area contributed by atoms with Gasteiger partial charge in [0.1, 0.15) is 0 Å². The number of ketones is 1.